The number of nitrogens with one attached hydrogen (secondary N) is 2. The van der Waals surface area contributed by atoms with E-state index in [-0.39, 0.29) is 43.1 Å². The van der Waals surface area contributed by atoms with Gasteiger partial charge in [0.2, 0.25) is 12.7 Å². The van der Waals surface area contributed by atoms with Gasteiger partial charge in [0.1, 0.15) is 17.5 Å². The van der Waals surface area contributed by atoms with E-state index in [0.717, 1.165) is 39.9 Å². The number of nitriles is 1. The summed E-state index contributed by atoms with van der Waals surface area (Å²) in [5, 5.41) is 40.5. The monoisotopic (exact) mass is 617 g/mol. The van der Waals surface area contributed by atoms with Gasteiger partial charge in [0.15, 0.2) is 11.5 Å². The predicted octanol–water partition coefficient (Wildman–Crippen LogP) is 3.91. The summed E-state index contributed by atoms with van der Waals surface area (Å²) in [5.41, 5.74) is 5.97. The number of piperazine rings is 1. The normalized spacial score (nSPS) is 26.4. The molecule has 6 rings (SSSR count). The number of hydrogen-bond acceptors (Lipinski definition) is 9. The minimum absolute atomic E-state index is 0.0408. The van der Waals surface area contributed by atoms with Crippen molar-refractivity contribution in [3.05, 3.63) is 45.0 Å². The third kappa shape index (κ3) is 4.91. The molecule has 0 spiro atoms. The Labute approximate surface area is 266 Å². The highest BCUT2D eigenvalue weighted by molar-refractivity contribution is 5.81. The number of hydrogen-bond donors (Lipinski definition) is 4. The quantitative estimate of drug-likeness (QED) is 0.365. The zero-order chi connectivity index (χ0) is 32.5. The second-order valence-electron chi connectivity index (χ2n) is 14.0. The van der Waals surface area contributed by atoms with Gasteiger partial charge in [-0.05, 0) is 82.7 Å². The van der Waals surface area contributed by atoms with Gasteiger partial charge in [-0.1, -0.05) is 26.8 Å². The van der Waals surface area contributed by atoms with Gasteiger partial charge in [0.25, 0.3) is 0 Å². The number of carbonyl (C=O) groups excluding carboxylic acids is 1. The molecule has 4 aliphatic heterocycles. The minimum atomic E-state index is -0.507. The Morgan fingerprint density at radius 2 is 1.76 bits per heavy atom. The first-order chi connectivity index (χ1) is 21.4. The number of amides is 1. The molecule has 0 aromatic heterocycles. The molecule has 0 saturated carbocycles. The first kappa shape index (κ1) is 31.5. The van der Waals surface area contributed by atoms with E-state index in [9.17, 15) is 20.3 Å². The topological polar surface area (TPSA) is 130 Å². The molecule has 1 amide bonds. The van der Waals surface area contributed by atoms with E-state index in [1.807, 2.05) is 34.7 Å². The number of ether oxygens (including phenoxy) is 2. The molecule has 1 fully saturated rings. The van der Waals surface area contributed by atoms with Crippen molar-refractivity contribution in [2.24, 2.45) is 11.8 Å². The Morgan fingerprint density at radius 1 is 1.04 bits per heavy atom. The lowest BCUT2D eigenvalue weighted by Gasteiger charge is -2.60. The summed E-state index contributed by atoms with van der Waals surface area (Å²) >= 11 is 0. The van der Waals surface area contributed by atoms with Crippen LogP contribution in [0.3, 0.4) is 0 Å². The maximum atomic E-state index is 13.5. The molecule has 4 heterocycles. The van der Waals surface area contributed by atoms with Crippen molar-refractivity contribution in [3.8, 4) is 29.1 Å². The predicted molar refractivity (Wildman–Crippen MR) is 170 cm³/mol. The van der Waals surface area contributed by atoms with E-state index in [0.29, 0.717) is 47.5 Å². The average molecular weight is 618 g/mol. The van der Waals surface area contributed by atoms with Gasteiger partial charge < -0.3 is 30.3 Å². The first-order valence-corrected chi connectivity index (χ1v) is 16.2. The zero-order valence-corrected chi connectivity index (χ0v) is 27.7. The summed E-state index contributed by atoms with van der Waals surface area (Å²) in [6, 6.07) is 2.79. The second kappa shape index (κ2) is 11.7. The van der Waals surface area contributed by atoms with E-state index in [2.05, 4.69) is 53.3 Å². The van der Waals surface area contributed by atoms with Crippen LogP contribution in [0.1, 0.15) is 78.7 Å². The van der Waals surface area contributed by atoms with E-state index in [1.165, 1.54) is 0 Å². The number of aromatic hydroxyl groups is 2. The van der Waals surface area contributed by atoms with Gasteiger partial charge >= 0.3 is 0 Å². The number of carbonyl (C=O) groups is 1. The third-order valence-electron chi connectivity index (χ3n) is 11.2. The molecular formula is C35H47N5O5. The van der Waals surface area contributed by atoms with Crippen LogP contribution in [0.25, 0.3) is 0 Å². The molecule has 2 aromatic carbocycles. The van der Waals surface area contributed by atoms with Crippen LogP contribution < -0.4 is 20.1 Å². The van der Waals surface area contributed by atoms with Crippen LogP contribution in [0.5, 0.6) is 23.0 Å². The van der Waals surface area contributed by atoms with Crippen LogP contribution >= 0.6 is 0 Å². The Kier molecular flexibility index (Phi) is 8.17. The molecular weight excluding hydrogens is 570 g/mol. The van der Waals surface area contributed by atoms with Crippen molar-refractivity contribution >= 4 is 5.91 Å². The van der Waals surface area contributed by atoms with Gasteiger partial charge in [-0.15, -0.1) is 0 Å². The summed E-state index contributed by atoms with van der Waals surface area (Å²) in [6.45, 7) is 15.2. The molecule has 7 atom stereocenters. The maximum absolute atomic E-state index is 13.5. The van der Waals surface area contributed by atoms with Gasteiger partial charge in [-0.25, -0.2) is 0 Å². The molecule has 10 nitrogen and oxygen atoms in total. The molecule has 1 unspecified atom stereocenters. The van der Waals surface area contributed by atoms with E-state index in [4.69, 9.17) is 9.47 Å². The number of phenolic OH excluding ortho intramolecular Hbond substituents is 2. The van der Waals surface area contributed by atoms with Crippen molar-refractivity contribution in [1.82, 2.24) is 20.4 Å². The van der Waals surface area contributed by atoms with Crippen molar-refractivity contribution in [2.45, 2.75) is 97.6 Å². The number of aryl methyl sites for hydroxylation is 1. The van der Waals surface area contributed by atoms with Crippen LogP contribution in [0.15, 0.2) is 6.07 Å². The molecule has 0 radical (unpaired) electrons. The highest BCUT2D eigenvalue weighted by Gasteiger charge is 2.56. The molecule has 2 bridgehead atoms. The molecule has 10 heteroatoms. The lowest BCUT2D eigenvalue weighted by atomic mass is 9.71. The number of nitrogens with zero attached hydrogens (tertiary/aromatic N) is 3. The van der Waals surface area contributed by atoms with Gasteiger partial charge in [-0.3, -0.25) is 14.6 Å². The van der Waals surface area contributed by atoms with Gasteiger partial charge in [0, 0.05) is 40.9 Å². The zero-order valence-electron chi connectivity index (χ0n) is 27.7. The van der Waals surface area contributed by atoms with E-state index >= 15 is 0 Å². The van der Waals surface area contributed by atoms with E-state index < -0.39 is 18.1 Å². The lowest BCUT2D eigenvalue weighted by molar-refractivity contribution is -0.123. The molecule has 4 aliphatic rings. The number of fused-ring (bicyclic) bond motifs is 9. The molecule has 242 valence electrons. The van der Waals surface area contributed by atoms with E-state index in [1.54, 1.807) is 0 Å². The largest absolute Gasteiger partial charge is 0.507 e. The highest BCUT2D eigenvalue weighted by atomic mass is 16.7. The fraction of sp³-hybridized carbons (Fsp3) is 0.600. The molecule has 45 heavy (non-hydrogen) atoms. The van der Waals surface area contributed by atoms with Gasteiger partial charge in [0.05, 0.1) is 24.2 Å². The summed E-state index contributed by atoms with van der Waals surface area (Å²) < 4.78 is 11.9. The number of likely N-dealkylation sites (N-methyl/N-ethyl adjacent to an activating group) is 1. The summed E-state index contributed by atoms with van der Waals surface area (Å²) in [6.07, 6.45) is 1.07. The lowest BCUT2D eigenvalue weighted by Crippen LogP contribution is -2.68. The number of rotatable bonds is 7. The number of phenols is 2. The van der Waals surface area contributed by atoms with Crippen molar-refractivity contribution in [1.29, 1.82) is 5.26 Å². The average Bonchev–Trinajstić information content (AvgIpc) is 3.50. The fourth-order valence-electron chi connectivity index (χ4n) is 7.95. The Bertz CT molecular complexity index is 1570. The molecule has 1 saturated heterocycles. The molecule has 4 N–H and O–H groups in total. The van der Waals surface area contributed by atoms with Crippen molar-refractivity contribution < 1.29 is 24.5 Å². The first-order valence-electron chi connectivity index (χ1n) is 16.2. The van der Waals surface area contributed by atoms with Crippen LogP contribution in [0.4, 0.5) is 0 Å². The standard InChI is InChI=1S/C35H47N5O5/c1-16(2)18(4)13-37-21(7)35(43)38-14-27-29-23(31(41)20(6)33-34(29)45-15-44-33)11-25-30-28-22(9-17(3)19(5)32(28)42)10-24(39(30)8)26(12-36)40(25)27/h9,16,18,21,24-27,30,37,41-42H,10-11,13-15H2,1-8H3,(H,38,43)/t18-,21+,24+,25?,26+,27+,30+/m1/s1. The smallest absolute Gasteiger partial charge is 0.236 e. The Hall–Kier alpha value is -3.52. The highest BCUT2D eigenvalue weighted by Crippen LogP contribution is 2.57. The number of benzene rings is 2. The summed E-state index contributed by atoms with van der Waals surface area (Å²) in [7, 11) is 2.04. The van der Waals surface area contributed by atoms with Crippen LogP contribution in [0, 0.1) is 43.9 Å². The van der Waals surface area contributed by atoms with Crippen molar-refractivity contribution in [3.63, 3.8) is 0 Å². The van der Waals surface area contributed by atoms with Gasteiger partial charge in [-0.2, -0.15) is 5.26 Å². The maximum Gasteiger partial charge on any atom is 0.236 e. The fourth-order valence-corrected chi connectivity index (χ4v) is 7.95. The third-order valence-corrected chi connectivity index (χ3v) is 11.2. The van der Waals surface area contributed by atoms with Crippen LogP contribution in [-0.2, 0) is 17.6 Å². The SMILES string of the molecule is Cc1cc2c(c(O)c1C)[C@@H]1C3Cc4c(O)c(C)c5c(c4[C@H](CNC(=O)[C@H](C)NC[C@@H](C)C(C)C)N3[C@@H](C#N)[C@H](C2)N1C)OCO5. The Balaban J connectivity index is 1.44. The second-order valence-corrected chi connectivity index (χ2v) is 14.0. The molecule has 0 aliphatic carbocycles. The van der Waals surface area contributed by atoms with Crippen molar-refractivity contribution in [2.75, 3.05) is 26.9 Å². The minimum Gasteiger partial charge on any atom is -0.507 e. The van der Waals surface area contributed by atoms with Crippen LogP contribution in [-0.4, -0.2) is 77.0 Å². The van der Waals surface area contributed by atoms with Crippen LogP contribution in [0.2, 0.25) is 0 Å². The Morgan fingerprint density at radius 3 is 2.44 bits per heavy atom. The summed E-state index contributed by atoms with van der Waals surface area (Å²) in [4.78, 5) is 17.9. The summed E-state index contributed by atoms with van der Waals surface area (Å²) in [5.74, 6) is 2.33. The molecule has 2 aromatic rings.